The maximum absolute atomic E-state index is 5.66. The van der Waals surface area contributed by atoms with Crippen LogP contribution in [-0.4, -0.2) is 21.5 Å². The van der Waals surface area contributed by atoms with E-state index in [1.807, 2.05) is 36.5 Å². The van der Waals surface area contributed by atoms with Crippen LogP contribution < -0.4 is 5.32 Å². The molecule has 2 aromatic heterocycles. The lowest BCUT2D eigenvalue weighted by molar-refractivity contribution is 0.269. The summed E-state index contributed by atoms with van der Waals surface area (Å²) in [5, 5.41) is 4.18. The fourth-order valence-electron chi connectivity index (χ4n) is 2.74. The van der Waals surface area contributed by atoms with Crippen molar-refractivity contribution in [2.24, 2.45) is 0 Å². The summed E-state index contributed by atoms with van der Waals surface area (Å²) >= 11 is 5.53. The van der Waals surface area contributed by atoms with Gasteiger partial charge in [-0.25, -0.2) is 0 Å². The number of aromatic nitrogens is 1. The summed E-state index contributed by atoms with van der Waals surface area (Å²) in [6.07, 6.45) is 5.77. The Morgan fingerprint density at radius 1 is 1.33 bits per heavy atom. The third-order valence-corrected chi connectivity index (χ3v) is 4.14. The summed E-state index contributed by atoms with van der Waals surface area (Å²) in [6.45, 7) is 3.11. The Hall–Kier alpha value is -1.88. The second-order valence-electron chi connectivity index (χ2n) is 5.19. The SMILES string of the molecule is CCCCN1C(=S)N[C@@H](c2ccccn2)[C@@H]1c1ccco1. The largest absolute Gasteiger partial charge is 0.467 e. The van der Waals surface area contributed by atoms with Gasteiger partial charge in [0.25, 0.3) is 0 Å². The number of nitrogens with one attached hydrogen (secondary N) is 1. The zero-order valence-electron chi connectivity index (χ0n) is 12.0. The average Bonchev–Trinajstić information content (AvgIpc) is 3.13. The molecule has 0 unspecified atom stereocenters. The van der Waals surface area contributed by atoms with Crippen molar-refractivity contribution in [3.05, 3.63) is 54.2 Å². The molecule has 1 aliphatic rings. The van der Waals surface area contributed by atoms with E-state index in [2.05, 4.69) is 22.1 Å². The Morgan fingerprint density at radius 2 is 2.24 bits per heavy atom. The summed E-state index contributed by atoms with van der Waals surface area (Å²) in [5.41, 5.74) is 0.986. The molecule has 1 fully saturated rings. The second kappa shape index (κ2) is 6.26. The van der Waals surface area contributed by atoms with E-state index >= 15 is 0 Å². The van der Waals surface area contributed by atoms with Gasteiger partial charge in [0.15, 0.2) is 5.11 Å². The smallest absolute Gasteiger partial charge is 0.170 e. The summed E-state index contributed by atoms with van der Waals surface area (Å²) < 4.78 is 5.66. The van der Waals surface area contributed by atoms with E-state index in [9.17, 15) is 0 Å². The molecule has 4 nitrogen and oxygen atoms in total. The van der Waals surface area contributed by atoms with Gasteiger partial charge in [-0.1, -0.05) is 19.4 Å². The second-order valence-corrected chi connectivity index (χ2v) is 5.58. The van der Waals surface area contributed by atoms with Crippen molar-refractivity contribution in [2.45, 2.75) is 31.8 Å². The first-order valence-electron chi connectivity index (χ1n) is 7.32. The van der Waals surface area contributed by atoms with Crippen molar-refractivity contribution in [1.29, 1.82) is 0 Å². The monoisotopic (exact) mass is 301 g/mol. The van der Waals surface area contributed by atoms with Gasteiger partial charge in [0, 0.05) is 12.7 Å². The lowest BCUT2D eigenvalue weighted by Crippen LogP contribution is -2.30. The molecule has 2 atom stereocenters. The van der Waals surface area contributed by atoms with E-state index in [0.29, 0.717) is 0 Å². The van der Waals surface area contributed by atoms with Crippen molar-refractivity contribution in [2.75, 3.05) is 6.54 Å². The lowest BCUT2D eigenvalue weighted by atomic mass is 10.0. The van der Waals surface area contributed by atoms with Crippen LogP contribution in [0.1, 0.15) is 43.3 Å². The van der Waals surface area contributed by atoms with Gasteiger partial charge in [0.05, 0.1) is 18.0 Å². The zero-order valence-corrected chi connectivity index (χ0v) is 12.8. The Morgan fingerprint density at radius 3 is 2.90 bits per heavy atom. The summed E-state index contributed by atoms with van der Waals surface area (Å²) in [5.74, 6) is 0.925. The zero-order chi connectivity index (χ0) is 14.7. The molecule has 0 bridgehead atoms. The topological polar surface area (TPSA) is 41.3 Å². The van der Waals surface area contributed by atoms with E-state index < -0.39 is 0 Å². The number of pyridine rings is 1. The third-order valence-electron chi connectivity index (χ3n) is 3.79. The number of nitrogens with zero attached hydrogens (tertiary/aromatic N) is 2. The van der Waals surface area contributed by atoms with Gasteiger partial charge in [-0.15, -0.1) is 0 Å². The molecule has 3 heterocycles. The predicted molar refractivity (Wildman–Crippen MR) is 85.8 cm³/mol. The van der Waals surface area contributed by atoms with Crippen LogP contribution in [0.25, 0.3) is 0 Å². The van der Waals surface area contributed by atoms with Gasteiger partial charge >= 0.3 is 0 Å². The van der Waals surface area contributed by atoms with Crippen molar-refractivity contribution in [3.63, 3.8) is 0 Å². The average molecular weight is 301 g/mol. The molecule has 1 aliphatic heterocycles. The number of hydrogen-bond donors (Lipinski definition) is 1. The Labute approximate surface area is 130 Å². The minimum Gasteiger partial charge on any atom is -0.467 e. The highest BCUT2D eigenvalue weighted by Gasteiger charge is 2.40. The maximum Gasteiger partial charge on any atom is 0.170 e. The summed E-state index contributed by atoms with van der Waals surface area (Å²) in [6, 6.07) is 9.98. The first-order chi connectivity index (χ1) is 10.3. The molecule has 1 saturated heterocycles. The molecule has 2 aromatic rings. The minimum atomic E-state index is 0.0294. The first kappa shape index (κ1) is 14.1. The molecule has 110 valence electrons. The van der Waals surface area contributed by atoms with Crippen molar-refractivity contribution in [1.82, 2.24) is 15.2 Å². The molecule has 0 radical (unpaired) electrons. The molecular formula is C16H19N3OS. The van der Waals surface area contributed by atoms with Gasteiger partial charge in [-0.05, 0) is 42.9 Å². The molecule has 0 amide bonds. The molecular weight excluding hydrogens is 282 g/mol. The minimum absolute atomic E-state index is 0.0294. The summed E-state index contributed by atoms with van der Waals surface area (Å²) in [7, 11) is 0. The highest BCUT2D eigenvalue weighted by atomic mass is 32.1. The van der Waals surface area contributed by atoms with Crippen LogP contribution >= 0.6 is 12.2 Å². The van der Waals surface area contributed by atoms with Crippen LogP contribution in [0.4, 0.5) is 0 Å². The maximum atomic E-state index is 5.66. The van der Waals surface area contributed by atoms with Crippen molar-refractivity contribution >= 4 is 17.3 Å². The van der Waals surface area contributed by atoms with E-state index in [1.165, 1.54) is 0 Å². The normalized spacial score (nSPS) is 21.6. The van der Waals surface area contributed by atoms with Gasteiger partial charge in [-0.2, -0.15) is 0 Å². The predicted octanol–water partition coefficient (Wildman–Crippen LogP) is 3.45. The fourth-order valence-corrected chi connectivity index (χ4v) is 3.08. The van der Waals surface area contributed by atoms with Crippen molar-refractivity contribution < 1.29 is 4.42 Å². The van der Waals surface area contributed by atoms with Crippen molar-refractivity contribution in [3.8, 4) is 0 Å². The molecule has 21 heavy (non-hydrogen) atoms. The number of furan rings is 1. The third kappa shape index (κ3) is 2.78. The fraction of sp³-hybridized carbons (Fsp3) is 0.375. The number of thiocarbonyl (C=S) groups is 1. The first-order valence-corrected chi connectivity index (χ1v) is 7.73. The number of hydrogen-bond acceptors (Lipinski definition) is 3. The number of rotatable bonds is 5. The Balaban J connectivity index is 1.94. The van der Waals surface area contributed by atoms with Crippen LogP contribution in [-0.2, 0) is 0 Å². The lowest BCUT2D eigenvalue weighted by Gasteiger charge is -2.25. The summed E-state index contributed by atoms with van der Waals surface area (Å²) in [4.78, 5) is 6.70. The molecule has 0 spiro atoms. The van der Waals surface area contributed by atoms with Crippen LogP contribution in [0.3, 0.4) is 0 Å². The van der Waals surface area contributed by atoms with Crippen LogP contribution in [0.2, 0.25) is 0 Å². The van der Waals surface area contributed by atoms with E-state index in [4.69, 9.17) is 16.6 Å². The number of unbranched alkanes of at least 4 members (excludes halogenated alkanes) is 1. The standard InChI is InChI=1S/C16H19N3OS/c1-2-3-10-19-15(13-8-6-11-20-13)14(18-16(19)21)12-7-4-5-9-17-12/h4-9,11,14-15H,2-3,10H2,1H3,(H,18,21)/t14-,15-/m0/s1. The van der Waals surface area contributed by atoms with E-state index in [-0.39, 0.29) is 12.1 Å². The van der Waals surface area contributed by atoms with Gasteiger partial charge in [-0.3, -0.25) is 4.98 Å². The molecule has 0 saturated carbocycles. The van der Waals surface area contributed by atoms with Crippen LogP contribution in [0.15, 0.2) is 47.2 Å². The Bertz CT molecular complexity index is 585. The Kier molecular flexibility index (Phi) is 4.20. The van der Waals surface area contributed by atoms with Gasteiger partial charge < -0.3 is 14.6 Å². The van der Waals surface area contributed by atoms with E-state index in [1.54, 1.807) is 6.26 Å². The molecule has 3 rings (SSSR count). The molecule has 1 N–H and O–H groups in total. The highest BCUT2D eigenvalue weighted by Crippen LogP contribution is 2.38. The van der Waals surface area contributed by atoms with Gasteiger partial charge in [0.2, 0.25) is 0 Å². The quantitative estimate of drug-likeness (QED) is 0.857. The van der Waals surface area contributed by atoms with Gasteiger partial charge in [0.1, 0.15) is 11.8 Å². The van der Waals surface area contributed by atoms with Crippen LogP contribution in [0.5, 0.6) is 0 Å². The molecule has 0 aromatic carbocycles. The van der Waals surface area contributed by atoms with E-state index in [0.717, 1.165) is 36.0 Å². The molecule has 0 aliphatic carbocycles. The van der Waals surface area contributed by atoms with Crippen LogP contribution in [0, 0.1) is 0 Å². The molecule has 5 heteroatoms. The highest BCUT2D eigenvalue weighted by molar-refractivity contribution is 7.80.